The number of aromatic hydroxyl groups is 1. The number of phenolic OH excluding ortho intramolecular Hbond substituents is 1. The Kier molecular flexibility index (Phi) is 6.97. The molecule has 0 saturated carbocycles. The van der Waals surface area contributed by atoms with E-state index in [1.54, 1.807) is 25.1 Å². The Morgan fingerprint density at radius 2 is 1.59 bits per heavy atom. The molecule has 1 N–H and O–H groups in total. The van der Waals surface area contributed by atoms with Crippen LogP contribution in [-0.4, -0.2) is 51.6 Å². The van der Waals surface area contributed by atoms with Crippen LogP contribution in [-0.2, 0) is 14.3 Å². The smallest absolute Gasteiger partial charge is 0.317 e. The zero-order valence-electron chi connectivity index (χ0n) is 18.6. The van der Waals surface area contributed by atoms with Gasteiger partial charge in [-0.1, -0.05) is 0 Å². The first-order chi connectivity index (χ1) is 15.4. The minimum Gasteiger partial charge on any atom is -0.508 e. The molecule has 0 amide bonds. The van der Waals surface area contributed by atoms with Gasteiger partial charge >= 0.3 is 5.97 Å². The number of benzene rings is 2. The van der Waals surface area contributed by atoms with Crippen molar-refractivity contribution in [3.05, 3.63) is 35.4 Å². The molecule has 2 unspecified atom stereocenters. The fourth-order valence-electron chi connectivity index (χ4n) is 3.80. The predicted molar refractivity (Wildman–Crippen MR) is 113 cm³/mol. The van der Waals surface area contributed by atoms with Gasteiger partial charge in [-0.05, 0) is 37.6 Å². The number of ether oxygens (including phenoxy) is 6. The lowest BCUT2D eigenvalue weighted by Gasteiger charge is -2.27. The molecule has 1 aliphatic rings. The Hall–Kier alpha value is -3.62. The number of carbonyl (C=O) groups excluding carboxylic acids is 2. The van der Waals surface area contributed by atoms with Gasteiger partial charge in [0.15, 0.2) is 23.0 Å². The summed E-state index contributed by atoms with van der Waals surface area (Å²) in [6.07, 6.45) is 0. The van der Waals surface area contributed by atoms with Gasteiger partial charge in [0.2, 0.25) is 12.5 Å². The van der Waals surface area contributed by atoms with Crippen molar-refractivity contribution >= 4 is 11.8 Å². The van der Waals surface area contributed by atoms with Crippen molar-refractivity contribution in [1.82, 2.24) is 0 Å². The van der Waals surface area contributed by atoms with Crippen LogP contribution < -0.4 is 23.7 Å². The lowest BCUT2D eigenvalue weighted by atomic mass is 9.78. The second kappa shape index (κ2) is 9.67. The molecule has 1 aliphatic heterocycles. The van der Waals surface area contributed by atoms with Crippen molar-refractivity contribution in [1.29, 1.82) is 0 Å². The largest absolute Gasteiger partial charge is 0.508 e. The van der Waals surface area contributed by atoms with E-state index in [-0.39, 0.29) is 24.7 Å². The molecule has 1 heterocycles. The van der Waals surface area contributed by atoms with Crippen LogP contribution in [0, 0.1) is 5.92 Å². The number of methoxy groups -OCH3 is 3. The third-order valence-electron chi connectivity index (χ3n) is 5.21. The van der Waals surface area contributed by atoms with E-state index < -0.39 is 23.6 Å². The van der Waals surface area contributed by atoms with E-state index in [2.05, 4.69) is 0 Å². The van der Waals surface area contributed by atoms with Crippen molar-refractivity contribution in [2.24, 2.45) is 5.92 Å². The summed E-state index contributed by atoms with van der Waals surface area (Å²) in [5, 5.41) is 10.8. The number of ketones is 1. The van der Waals surface area contributed by atoms with Gasteiger partial charge in [-0.25, -0.2) is 0 Å². The Bertz CT molecular complexity index is 990. The third-order valence-corrected chi connectivity index (χ3v) is 5.21. The normalized spacial score (nSPS) is 13.8. The van der Waals surface area contributed by atoms with Gasteiger partial charge in [0.05, 0.1) is 27.9 Å². The summed E-state index contributed by atoms with van der Waals surface area (Å²) in [6, 6.07) is 6.21. The number of fused-ring (bicyclic) bond motifs is 1. The molecule has 3 rings (SSSR count). The first-order valence-corrected chi connectivity index (χ1v) is 9.95. The number of rotatable bonds is 9. The average molecular weight is 446 g/mol. The molecular weight excluding hydrogens is 420 g/mol. The van der Waals surface area contributed by atoms with Crippen molar-refractivity contribution < 1.29 is 43.1 Å². The van der Waals surface area contributed by atoms with Crippen molar-refractivity contribution in [3.63, 3.8) is 0 Å². The van der Waals surface area contributed by atoms with Crippen LogP contribution in [0.3, 0.4) is 0 Å². The van der Waals surface area contributed by atoms with Crippen LogP contribution in [0.2, 0.25) is 0 Å². The molecule has 0 aliphatic carbocycles. The fraction of sp³-hybridized carbons (Fsp3) is 0.391. The fourth-order valence-corrected chi connectivity index (χ4v) is 3.80. The molecule has 2 aromatic rings. The predicted octanol–water partition coefficient (Wildman–Crippen LogP) is 3.05. The Morgan fingerprint density at radius 3 is 2.09 bits per heavy atom. The van der Waals surface area contributed by atoms with Gasteiger partial charge in [0, 0.05) is 17.5 Å². The lowest BCUT2D eigenvalue weighted by Crippen LogP contribution is -2.31. The van der Waals surface area contributed by atoms with Gasteiger partial charge in [0.1, 0.15) is 17.5 Å². The molecule has 0 saturated heterocycles. The zero-order chi connectivity index (χ0) is 23.4. The van der Waals surface area contributed by atoms with E-state index in [4.69, 9.17) is 28.4 Å². The van der Waals surface area contributed by atoms with Crippen molar-refractivity contribution in [2.75, 3.05) is 34.7 Å². The molecule has 0 aromatic heterocycles. The second-order valence-corrected chi connectivity index (χ2v) is 7.04. The molecule has 0 fully saturated rings. The van der Waals surface area contributed by atoms with Gasteiger partial charge in [-0.3, -0.25) is 9.59 Å². The molecule has 0 spiro atoms. The average Bonchev–Trinajstić information content (AvgIpc) is 3.22. The summed E-state index contributed by atoms with van der Waals surface area (Å²) < 4.78 is 32.2. The molecule has 9 heteroatoms. The lowest BCUT2D eigenvalue weighted by molar-refractivity contribution is -0.151. The quantitative estimate of drug-likeness (QED) is 0.459. The van der Waals surface area contributed by atoms with Crippen LogP contribution in [0.4, 0.5) is 0 Å². The highest BCUT2D eigenvalue weighted by atomic mass is 16.7. The third kappa shape index (κ3) is 4.23. The minimum atomic E-state index is -1.25. The minimum absolute atomic E-state index is 0.00108. The zero-order valence-corrected chi connectivity index (χ0v) is 18.6. The summed E-state index contributed by atoms with van der Waals surface area (Å²) in [5.41, 5.74) is 0.763. The maximum atomic E-state index is 12.9. The summed E-state index contributed by atoms with van der Waals surface area (Å²) >= 11 is 0. The van der Waals surface area contributed by atoms with Gasteiger partial charge in [-0.2, -0.15) is 0 Å². The first kappa shape index (κ1) is 23.1. The van der Waals surface area contributed by atoms with Crippen LogP contribution in [0.1, 0.15) is 30.9 Å². The highest BCUT2D eigenvalue weighted by Crippen LogP contribution is 2.48. The molecule has 0 bridgehead atoms. The molecule has 172 valence electrons. The van der Waals surface area contributed by atoms with E-state index in [0.29, 0.717) is 34.3 Å². The van der Waals surface area contributed by atoms with E-state index >= 15 is 0 Å². The first-order valence-electron chi connectivity index (χ1n) is 9.95. The maximum Gasteiger partial charge on any atom is 0.317 e. The monoisotopic (exact) mass is 446 g/mol. The Morgan fingerprint density at radius 1 is 1.00 bits per heavy atom. The van der Waals surface area contributed by atoms with Crippen molar-refractivity contribution in [2.45, 2.75) is 19.8 Å². The molecule has 2 aromatic carbocycles. The Balaban J connectivity index is 2.29. The van der Waals surface area contributed by atoms with Crippen LogP contribution in [0.5, 0.6) is 34.5 Å². The van der Waals surface area contributed by atoms with Crippen molar-refractivity contribution in [3.8, 4) is 34.5 Å². The number of phenols is 1. The highest BCUT2D eigenvalue weighted by Gasteiger charge is 2.39. The molecule has 0 radical (unpaired) electrons. The van der Waals surface area contributed by atoms with Crippen LogP contribution in [0.15, 0.2) is 24.3 Å². The van der Waals surface area contributed by atoms with Gasteiger partial charge in [0.25, 0.3) is 0 Å². The SMILES string of the molecule is CCOC(=O)C(C(C)=O)C(c1cc(OC)c(OC)c(OC)c1)c1cc2c(cc1O)OCO2. The van der Waals surface area contributed by atoms with E-state index in [1.165, 1.54) is 34.3 Å². The number of Topliss-reactive ketones (excluding diaryl/α,β-unsaturated/α-hetero) is 1. The number of hydrogen-bond acceptors (Lipinski definition) is 9. The molecular formula is C23H26O9. The van der Waals surface area contributed by atoms with Gasteiger partial charge in [-0.15, -0.1) is 0 Å². The Labute approximate surface area is 185 Å². The molecule has 2 atom stereocenters. The van der Waals surface area contributed by atoms with Gasteiger partial charge < -0.3 is 33.5 Å². The van der Waals surface area contributed by atoms with Crippen LogP contribution in [0.25, 0.3) is 0 Å². The summed E-state index contributed by atoms with van der Waals surface area (Å²) in [7, 11) is 4.39. The number of esters is 1. The van der Waals surface area contributed by atoms with E-state index in [9.17, 15) is 14.7 Å². The summed E-state index contributed by atoms with van der Waals surface area (Å²) in [4.78, 5) is 25.6. The highest BCUT2D eigenvalue weighted by molar-refractivity contribution is 5.99. The summed E-state index contributed by atoms with van der Waals surface area (Å²) in [6.45, 7) is 3.05. The number of hydrogen-bond donors (Lipinski definition) is 1. The van der Waals surface area contributed by atoms with E-state index in [0.717, 1.165) is 0 Å². The second-order valence-electron chi connectivity index (χ2n) is 7.04. The topological polar surface area (TPSA) is 110 Å². The molecule has 32 heavy (non-hydrogen) atoms. The maximum absolute atomic E-state index is 12.9. The summed E-state index contributed by atoms with van der Waals surface area (Å²) in [5.74, 6) is -1.72. The van der Waals surface area contributed by atoms with Crippen LogP contribution >= 0.6 is 0 Å². The number of carbonyl (C=O) groups is 2. The standard InChI is InChI=1S/C23H26O9/c1-6-30-23(26)20(12(2)24)21(14-9-16-17(10-15(14)25)32-11-31-16)13-7-18(27-3)22(29-5)19(8-13)28-4/h7-10,20-21,25H,6,11H2,1-5H3. The van der Waals surface area contributed by atoms with E-state index in [1.807, 2.05) is 0 Å². The molecule has 9 nitrogen and oxygen atoms in total.